The summed E-state index contributed by atoms with van der Waals surface area (Å²) in [7, 11) is -3.63. The fourth-order valence-corrected chi connectivity index (χ4v) is 6.83. The van der Waals surface area contributed by atoms with Crippen molar-refractivity contribution >= 4 is 15.7 Å². The van der Waals surface area contributed by atoms with Gasteiger partial charge in [-0.05, 0) is 73.6 Å². The Morgan fingerprint density at radius 3 is 2.34 bits per heavy atom. The largest absolute Gasteiger partial charge is 0.378 e. The zero-order valence-electron chi connectivity index (χ0n) is 19.1. The number of benzene rings is 2. The molecule has 0 bridgehead atoms. The molecule has 3 unspecified atom stereocenters. The number of anilines is 1. The smallest absolute Gasteiger partial charge is 0.243 e. The molecule has 0 spiro atoms. The van der Waals surface area contributed by atoms with E-state index in [9.17, 15) is 8.42 Å². The van der Waals surface area contributed by atoms with Crippen molar-refractivity contribution in [3.05, 3.63) is 95.6 Å². The molecule has 2 aliphatic rings. The van der Waals surface area contributed by atoms with E-state index in [0.29, 0.717) is 10.8 Å². The summed E-state index contributed by atoms with van der Waals surface area (Å²) in [5.41, 5.74) is 7.32. The van der Waals surface area contributed by atoms with Crippen LogP contribution in [0.1, 0.15) is 46.2 Å². The number of sulfonamides is 1. The lowest BCUT2D eigenvalue weighted by atomic mass is 9.75. The van der Waals surface area contributed by atoms with Gasteiger partial charge in [0.15, 0.2) is 0 Å². The van der Waals surface area contributed by atoms with E-state index in [1.807, 2.05) is 12.1 Å². The molecule has 1 aliphatic heterocycles. The van der Waals surface area contributed by atoms with Gasteiger partial charge in [0, 0.05) is 24.7 Å². The monoisotopic (exact) mass is 448 g/mol. The predicted octanol–water partition coefficient (Wildman–Crippen LogP) is 5.80. The van der Waals surface area contributed by atoms with Crippen LogP contribution in [-0.2, 0) is 10.0 Å². The van der Waals surface area contributed by atoms with Crippen LogP contribution in [0.2, 0.25) is 0 Å². The topological polar surface area (TPSA) is 49.4 Å². The van der Waals surface area contributed by atoms with Crippen molar-refractivity contribution in [1.82, 2.24) is 4.31 Å². The van der Waals surface area contributed by atoms with Crippen molar-refractivity contribution in [3.63, 3.8) is 0 Å². The number of nitrogens with one attached hydrogen (secondary N) is 1. The van der Waals surface area contributed by atoms with E-state index in [1.165, 1.54) is 26.6 Å². The van der Waals surface area contributed by atoms with Crippen molar-refractivity contribution in [2.24, 2.45) is 5.92 Å². The summed E-state index contributed by atoms with van der Waals surface area (Å²) in [5.74, 6) is 0.553. The van der Waals surface area contributed by atoms with Crippen LogP contribution in [0.5, 0.6) is 0 Å². The van der Waals surface area contributed by atoms with Gasteiger partial charge in [-0.3, -0.25) is 0 Å². The zero-order chi connectivity index (χ0) is 23.0. The Hall–Kier alpha value is -2.63. The van der Waals surface area contributed by atoms with Crippen LogP contribution in [0.3, 0.4) is 0 Å². The van der Waals surface area contributed by atoms with Crippen LogP contribution < -0.4 is 5.32 Å². The summed E-state index contributed by atoms with van der Waals surface area (Å²) in [5, 5.41) is 3.76. The average Bonchev–Trinajstić information content (AvgIpc) is 3.23. The minimum absolute atomic E-state index is 0.193. The van der Waals surface area contributed by atoms with E-state index in [2.05, 4.69) is 63.5 Å². The van der Waals surface area contributed by atoms with Gasteiger partial charge in [-0.2, -0.15) is 4.31 Å². The molecule has 0 saturated carbocycles. The highest BCUT2D eigenvalue weighted by molar-refractivity contribution is 7.89. The molecule has 3 atom stereocenters. The number of fused-ring (bicyclic) bond motifs is 3. The molecule has 168 valence electrons. The molecule has 0 saturated heterocycles. The number of hydrogen-bond acceptors (Lipinski definition) is 3. The molecule has 1 N–H and O–H groups in total. The first-order valence-electron chi connectivity index (χ1n) is 11.1. The summed E-state index contributed by atoms with van der Waals surface area (Å²) in [6, 6.07) is 10.2. The number of rotatable bonds is 7. The van der Waals surface area contributed by atoms with E-state index in [4.69, 9.17) is 0 Å². The van der Waals surface area contributed by atoms with Gasteiger partial charge in [0.25, 0.3) is 0 Å². The van der Waals surface area contributed by atoms with Crippen molar-refractivity contribution in [1.29, 1.82) is 0 Å². The molecule has 32 heavy (non-hydrogen) atoms. The Bertz CT molecular complexity index is 1160. The zero-order valence-corrected chi connectivity index (χ0v) is 20.0. The Kier molecular flexibility index (Phi) is 6.15. The summed E-state index contributed by atoms with van der Waals surface area (Å²) in [4.78, 5) is 0.321. The second-order valence-corrected chi connectivity index (χ2v) is 10.9. The van der Waals surface area contributed by atoms with E-state index >= 15 is 0 Å². The first-order chi connectivity index (χ1) is 15.3. The third-order valence-corrected chi connectivity index (χ3v) is 8.51. The maximum absolute atomic E-state index is 13.3. The third kappa shape index (κ3) is 3.84. The summed E-state index contributed by atoms with van der Waals surface area (Å²) in [6.45, 7) is 14.4. The molecule has 2 aromatic rings. The number of allylic oxidation sites excluding steroid dienone is 2. The molecule has 0 radical (unpaired) electrons. The molecule has 0 aromatic heterocycles. The lowest BCUT2D eigenvalue weighted by molar-refractivity contribution is 0.422. The number of nitrogens with zero attached hydrogens (tertiary/aromatic N) is 1. The van der Waals surface area contributed by atoms with E-state index in [-0.39, 0.29) is 25.0 Å². The Morgan fingerprint density at radius 2 is 1.72 bits per heavy atom. The Labute approximate surface area is 192 Å². The third-order valence-electron chi connectivity index (χ3n) is 6.69. The second kappa shape index (κ2) is 8.72. The van der Waals surface area contributed by atoms with Gasteiger partial charge >= 0.3 is 0 Å². The first kappa shape index (κ1) is 22.6. The molecule has 2 aromatic carbocycles. The van der Waals surface area contributed by atoms with Crippen molar-refractivity contribution in [2.75, 3.05) is 18.4 Å². The molecule has 0 amide bonds. The van der Waals surface area contributed by atoms with Gasteiger partial charge in [0.2, 0.25) is 10.0 Å². The SMILES string of the molecule is C=CCN(CC=C)S(=O)(=O)c1ccc2c(c1)C1C=CCC1C(c1c(C)cc(C)cc1C)N2. The highest BCUT2D eigenvalue weighted by Gasteiger charge is 2.39. The van der Waals surface area contributed by atoms with Gasteiger partial charge in [0.1, 0.15) is 0 Å². The van der Waals surface area contributed by atoms with Crippen molar-refractivity contribution < 1.29 is 8.42 Å². The van der Waals surface area contributed by atoms with Crippen LogP contribution >= 0.6 is 0 Å². The predicted molar refractivity (Wildman–Crippen MR) is 133 cm³/mol. The average molecular weight is 449 g/mol. The normalized spacial score (nSPS) is 21.7. The summed E-state index contributed by atoms with van der Waals surface area (Å²) < 4.78 is 28.0. The van der Waals surface area contributed by atoms with Gasteiger partial charge in [-0.1, -0.05) is 42.0 Å². The maximum Gasteiger partial charge on any atom is 0.243 e. The first-order valence-corrected chi connectivity index (χ1v) is 12.6. The molecule has 1 heterocycles. The Balaban J connectivity index is 1.76. The minimum Gasteiger partial charge on any atom is -0.378 e. The van der Waals surface area contributed by atoms with Gasteiger partial charge in [-0.15, -0.1) is 13.2 Å². The molecule has 4 rings (SSSR count). The van der Waals surface area contributed by atoms with Crippen LogP contribution in [0.4, 0.5) is 5.69 Å². The summed E-state index contributed by atoms with van der Waals surface area (Å²) in [6.07, 6.45) is 8.67. The quantitative estimate of drug-likeness (QED) is 0.545. The lowest BCUT2D eigenvalue weighted by Gasteiger charge is -2.39. The van der Waals surface area contributed by atoms with Crippen LogP contribution in [0.25, 0.3) is 0 Å². The van der Waals surface area contributed by atoms with E-state index < -0.39 is 10.0 Å². The Morgan fingerprint density at radius 1 is 1.06 bits per heavy atom. The van der Waals surface area contributed by atoms with Gasteiger partial charge < -0.3 is 5.32 Å². The van der Waals surface area contributed by atoms with E-state index in [0.717, 1.165) is 17.7 Å². The molecule has 5 heteroatoms. The van der Waals surface area contributed by atoms with Crippen molar-refractivity contribution in [3.8, 4) is 0 Å². The summed E-state index contributed by atoms with van der Waals surface area (Å²) >= 11 is 0. The second-order valence-electron chi connectivity index (χ2n) is 8.94. The molecule has 0 fully saturated rings. The molecule has 4 nitrogen and oxygen atoms in total. The lowest BCUT2D eigenvalue weighted by Crippen LogP contribution is -2.33. The fraction of sp³-hybridized carbons (Fsp3) is 0.333. The van der Waals surface area contributed by atoms with Crippen LogP contribution in [-0.4, -0.2) is 25.8 Å². The van der Waals surface area contributed by atoms with Gasteiger partial charge in [0.05, 0.1) is 10.9 Å². The fourth-order valence-electron chi connectivity index (χ4n) is 5.41. The highest BCUT2D eigenvalue weighted by Crippen LogP contribution is 2.51. The van der Waals surface area contributed by atoms with Crippen LogP contribution in [0, 0.1) is 26.7 Å². The maximum atomic E-state index is 13.3. The number of hydrogen-bond donors (Lipinski definition) is 1. The molecular weight excluding hydrogens is 416 g/mol. The molecular formula is C27H32N2O2S. The van der Waals surface area contributed by atoms with Crippen molar-refractivity contribution in [2.45, 2.75) is 44.0 Å². The molecule has 1 aliphatic carbocycles. The highest BCUT2D eigenvalue weighted by atomic mass is 32.2. The van der Waals surface area contributed by atoms with Crippen LogP contribution in [0.15, 0.2) is 72.7 Å². The van der Waals surface area contributed by atoms with E-state index in [1.54, 1.807) is 18.2 Å². The van der Waals surface area contributed by atoms with Gasteiger partial charge in [-0.25, -0.2) is 8.42 Å². The number of aryl methyl sites for hydroxylation is 3. The standard InChI is InChI=1S/C27H32N2O2S/c1-6-13-29(14-7-2)32(30,31)21-11-12-25-24(17-21)22-9-8-10-23(22)27(28-25)26-19(4)15-18(3)16-20(26)5/h6-9,11-12,15-17,22-23,27-28H,1-2,10,13-14H2,3-5H3. The minimum atomic E-state index is -3.63.